The van der Waals surface area contributed by atoms with Crippen LogP contribution < -0.4 is 4.72 Å². The lowest BCUT2D eigenvalue weighted by atomic mass is 9.93. The summed E-state index contributed by atoms with van der Waals surface area (Å²) in [5.41, 5.74) is 0. The Balaban J connectivity index is 2.35. The molecule has 0 bridgehead atoms. The normalized spacial score (nSPS) is 35.1. The van der Waals surface area contributed by atoms with E-state index in [1.54, 1.807) is 6.26 Å². The summed E-state index contributed by atoms with van der Waals surface area (Å²) in [4.78, 5) is 0. The van der Waals surface area contributed by atoms with Crippen LogP contribution in [0, 0.1) is 0 Å². The number of hydrogen-bond donors (Lipinski definition) is 2. The molecule has 1 saturated carbocycles. The highest BCUT2D eigenvalue weighted by Crippen LogP contribution is 2.18. The van der Waals surface area contributed by atoms with Crippen LogP contribution in [0.15, 0.2) is 0 Å². The van der Waals surface area contributed by atoms with E-state index < -0.39 is 11.0 Å². The van der Waals surface area contributed by atoms with E-state index in [9.17, 15) is 9.32 Å². The van der Waals surface area contributed by atoms with Crippen LogP contribution in [0.25, 0.3) is 0 Å². The summed E-state index contributed by atoms with van der Waals surface area (Å²) in [5, 5.41) is 9.42. The van der Waals surface area contributed by atoms with Gasteiger partial charge in [-0.2, -0.15) is 0 Å². The van der Waals surface area contributed by atoms with Gasteiger partial charge in [-0.1, -0.05) is 12.8 Å². The maximum absolute atomic E-state index is 10.7. The van der Waals surface area contributed by atoms with Gasteiger partial charge in [-0.15, -0.1) is 0 Å². The molecule has 3 nitrogen and oxygen atoms in total. The fraction of sp³-hybridized carbons (Fsp3) is 1.00. The van der Waals surface area contributed by atoms with E-state index in [0.717, 1.165) is 25.7 Å². The van der Waals surface area contributed by atoms with Gasteiger partial charge in [-0.05, 0) is 12.8 Å². The van der Waals surface area contributed by atoms with Gasteiger partial charge in [0.05, 0.1) is 17.1 Å². The summed E-state index contributed by atoms with van der Waals surface area (Å²) in [6, 6.07) is 0.0505. The Morgan fingerprint density at radius 2 is 2.09 bits per heavy atom. The summed E-state index contributed by atoms with van der Waals surface area (Å²) in [6.45, 7) is 0. The van der Waals surface area contributed by atoms with Crippen LogP contribution in [-0.4, -0.2) is 27.7 Å². The minimum atomic E-state index is -0.994. The second-order valence-electron chi connectivity index (χ2n) is 3.03. The zero-order valence-electron chi connectivity index (χ0n) is 6.75. The molecule has 4 heteroatoms. The van der Waals surface area contributed by atoms with E-state index in [-0.39, 0.29) is 12.1 Å². The van der Waals surface area contributed by atoms with E-state index in [0.29, 0.717) is 0 Å². The highest BCUT2D eigenvalue weighted by molar-refractivity contribution is 7.82. The van der Waals surface area contributed by atoms with Crippen LogP contribution in [-0.2, 0) is 11.0 Å². The smallest absolute Gasteiger partial charge is 0.0887 e. The Bertz CT molecular complexity index is 151. The van der Waals surface area contributed by atoms with Crippen molar-refractivity contribution in [3.63, 3.8) is 0 Å². The predicted molar refractivity (Wildman–Crippen MR) is 45.5 cm³/mol. The van der Waals surface area contributed by atoms with Crippen molar-refractivity contribution in [3.05, 3.63) is 0 Å². The monoisotopic (exact) mass is 177 g/mol. The van der Waals surface area contributed by atoms with Crippen LogP contribution in [0.1, 0.15) is 25.7 Å². The molecule has 0 spiro atoms. The van der Waals surface area contributed by atoms with Crippen LogP contribution >= 0.6 is 0 Å². The fourth-order valence-electron chi connectivity index (χ4n) is 1.46. The second-order valence-corrected chi connectivity index (χ2v) is 4.17. The number of hydrogen-bond acceptors (Lipinski definition) is 2. The van der Waals surface area contributed by atoms with Crippen molar-refractivity contribution in [1.29, 1.82) is 0 Å². The van der Waals surface area contributed by atoms with Crippen molar-refractivity contribution in [1.82, 2.24) is 4.72 Å². The molecular weight excluding hydrogens is 162 g/mol. The largest absolute Gasteiger partial charge is 0.391 e. The number of rotatable bonds is 2. The summed E-state index contributed by atoms with van der Waals surface area (Å²) in [7, 11) is -0.994. The summed E-state index contributed by atoms with van der Waals surface area (Å²) in [6.07, 6.45) is 5.31. The molecule has 0 heterocycles. The summed E-state index contributed by atoms with van der Waals surface area (Å²) < 4.78 is 13.6. The molecule has 1 fully saturated rings. The molecule has 11 heavy (non-hydrogen) atoms. The third-order valence-corrected chi connectivity index (χ3v) is 2.68. The van der Waals surface area contributed by atoms with Crippen molar-refractivity contribution in [2.45, 2.75) is 37.8 Å². The van der Waals surface area contributed by atoms with Crippen LogP contribution in [0.2, 0.25) is 0 Å². The zero-order chi connectivity index (χ0) is 8.27. The van der Waals surface area contributed by atoms with Gasteiger partial charge in [-0.25, -0.2) is 8.93 Å². The highest BCUT2D eigenvalue weighted by Gasteiger charge is 2.22. The SMILES string of the molecule is CS(=O)NC1CCCCC1O. The van der Waals surface area contributed by atoms with Crippen LogP contribution in [0.5, 0.6) is 0 Å². The Morgan fingerprint density at radius 1 is 1.45 bits per heavy atom. The first kappa shape index (κ1) is 9.16. The van der Waals surface area contributed by atoms with Crippen molar-refractivity contribution >= 4 is 11.0 Å². The molecule has 3 atom stereocenters. The van der Waals surface area contributed by atoms with Gasteiger partial charge < -0.3 is 5.11 Å². The molecule has 1 aliphatic rings. The summed E-state index contributed by atoms with van der Waals surface area (Å²) >= 11 is 0. The third kappa shape index (κ3) is 2.89. The van der Waals surface area contributed by atoms with E-state index in [1.165, 1.54) is 0 Å². The Labute approximate surface area is 69.8 Å². The molecule has 0 amide bonds. The van der Waals surface area contributed by atoms with Crippen molar-refractivity contribution in [2.24, 2.45) is 0 Å². The predicted octanol–water partition coefficient (Wildman–Crippen LogP) is 0.173. The minimum Gasteiger partial charge on any atom is -0.391 e. The average molecular weight is 177 g/mol. The standard InChI is InChI=1S/C7H15NO2S/c1-11(10)8-6-4-2-3-5-7(6)9/h6-9H,2-5H2,1H3. The topological polar surface area (TPSA) is 49.3 Å². The van der Waals surface area contributed by atoms with Gasteiger partial charge in [0.15, 0.2) is 0 Å². The molecule has 1 aliphatic carbocycles. The van der Waals surface area contributed by atoms with Gasteiger partial charge >= 0.3 is 0 Å². The first-order valence-electron chi connectivity index (χ1n) is 3.98. The second kappa shape index (κ2) is 4.18. The van der Waals surface area contributed by atoms with E-state index in [2.05, 4.69) is 4.72 Å². The first-order valence-corrected chi connectivity index (χ1v) is 5.53. The minimum absolute atomic E-state index is 0.0505. The van der Waals surface area contributed by atoms with Gasteiger partial charge in [0.2, 0.25) is 0 Å². The maximum Gasteiger partial charge on any atom is 0.0887 e. The molecule has 3 unspecified atom stereocenters. The Kier molecular flexibility index (Phi) is 3.48. The molecule has 0 aromatic heterocycles. The van der Waals surface area contributed by atoms with Gasteiger partial charge in [0.25, 0.3) is 0 Å². The molecule has 0 aliphatic heterocycles. The van der Waals surface area contributed by atoms with Crippen molar-refractivity contribution in [2.75, 3.05) is 6.26 Å². The average Bonchev–Trinajstić information content (AvgIpc) is 1.93. The van der Waals surface area contributed by atoms with Gasteiger partial charge in [0.1, 0.15) is 0 Å². The molecule has 0 aromatic carbocycles. The van der Waals surface area contributed by atoms with Crippen LogP contribution in [0.4, 0.5) is 0 Å². The van der Waals surface area contributed by atoms with E-state index >= 15 is 0 Å². The lowest BCUT2D eigenvalue weighted by Crippen LogP contribution is -2.42. The molecule has 0 aromatic rings. The number of aliphatic hydroxyl groups excluding tert-OH is 1. The summed E-state index contributed by atoms with van der Waals surface area (Å²) in [5.74, 6) is 0. The Morgan fingerprint density at radius 3 is 2.64 bits per heavy atom. The molecule has 0 saturated heterocycles. The quantitative estimate of drug-likeness (QED) is 0.632. The maximum atomic E-state index is 10.7. The third-order valence-electron chi connectivity index (χ3n) is 2.05. The first-order chi connectivity index (χ1) is 5.20. The highest BCUT2D eigenvalue weighted by atomic mass is 32.2. The molecule has 2 N–H and O–H groups in total. The lowest BCUT2D eigenvalue weighted by molar-refractivity contribution is 0.102. The van der Waals surface area contributed by atoms with E-state index in [4.69, 9.17) is 0 Å². The number of nitrogens with one attached hydrogen (secondary N) is 1. The van der Waals surface area contributed by atoms with Gasteiger partial charge in [-0.3, -0.25) is 0 Å². The van der Waals surface area contributed by atoms with E-state index in [1.807, 2.05) is 0 Å². The molecule has 0 radical (unpaired) electrons. The van der Waals surface area contributed by atoms with Crippen molar-refractivity contribution < 1.29 is 9.32 Å². The van der Waals surface area contributed by atoms with Crippen molar-refractivity contribution in [3.8, 4) is 0 Å². The molecular formula is C7H15NO2S. The number of aliphatic hydroxyl groups is 1. The molecule has 1 rings (SSSR count). The van der Waals surface area contributed by atoms with Crippen LogP contribution in [0.3, 0.4) is 0 Å². The zero-order valence-corrected chi connectivity index (χ0v) is 7.56. The molecule has 66 valence electrons. The fourth-order valence-corrected chi connectivity index (χ4v) is 2.16. The van der Waals surface area contributed by atoms with Gasteiger partial charge in [0, 0.05) is 12.3 Å². The lowest BCUT2D eigenvalue weighted by Gasteiger charge is -2.27. The Hall–Kier alpha value is 0.0700.